The molecule has 5 rings (SSSR count). The lowest BCUT2D eigenvalue weighted by molar-refractivity contribution is -0.156. The number of rotatable bonds is 4. The Kier molecular flexibility index (Phi) is 4.81. The Balaban J connectivity index is 1.31. The maximum atomic E-state index is 13.3. The number of likely N-dealkylation sites (tertiary alicyclic amines) is 2. The van der Waals surface area contributed by atoms with E-state index in [1.54, 1.807) is 17.1 Å². The summed E-state index contributed by atoms with van der Waals surface area (Å²) < 4.78 is 1.59. The van der Waals surface area contributed by atoms with E-state index in [0.717, 1.165) is 6.54 Å². The van der Waals surface area contributed by atoms with Crippen molar-refractivity contribution in [2.24, 2.45) is 11.3 Å². The molecule has 30 heavy (non-hydrogen) atoms. The molecular weight excluding hydrogens is 382 g/mol. The van der Waals surface area contributed by atoms with Crippen molar-refractivity contribution in [2.75, 3.05) is 26.2 Å². The molecule has 2 amide bonds. The summed E-state index contributed by atoms with van der Waals surface area (Å²) >= 11 is 0. The van der Waals surface area contributed by atoms with E-state index in [1.807, 2.05) is 28.0 Å². The molecule has 2 aliphatic heterocycles. The van der Waals surface area contributed by atoms with Crippen LogP contribution in [-0.2, 0) is 4.79 Å². The quantitative estimate of drug-likeness (QED) is 0.826. The second-order valence-electron chi connectivity index (χ2n) is 8.94. The highest BCUT2D eigenvalue weighted by molar-refractivity contribution is 5.98. The number of hydrogen-bond donors (Lipinski definition) is 1. The number of carbonyl (C=O) groups is 2. The van der Waals surface area contributed by atoms with Crippen molar-refractivity contribution < 1.29 is 14.7 Å². The van der Waals surface area contributed by atoms with Crippen molar-refractivity contribution in [3.05, 3.63) is 42.5 Å². The van der Waals surface area contributed by atoms with E-state index in [1.165, 1.54) is 19.2 Å². The monoisotopic (exact) mass is 409 g/mol. The van der Waals surface area contributed by atoms with E-state index in [0.29, 0.717) is 56.1 Å². The van der Waals surface area contributed by atoms with Crippen molar-refractivity contribution in [3.63, 3.8) is 0 Å². The van der Waals surface area contributed by atoms with Crippen molar-refractivity contribution >= 4 is 11.8 Å². The van der Waals surface area contributed by atoms with Gasteiger partial charge in [-0.2, -0.15) is 5.10 Å². The average Bonchev–Trinajstić information content (AvgIpc) is 3.40. The van der Waals surface area contributed by atoms with Crippen molar-refractivity contribution in [1.29, 1.82) is 0 Å². The van der Waals surface area contributed by atoms with Crippen LogP contribution in [0.25, 0.3) is 5.69 Å². The lowest BCUT2D eigenvalue weighted by Gasteiger charge is -2.48. The van der Waals surface area contributed by atoms with Gasteiger partial charge in [-0.1, -0.05) is 12.1 Å². The van der Waals surface area contributed by atoms with Gasteiger partial charge in [-0.3, -0.25) is 9.59 Å². The normalized spacial score (nSPS) is 23.8. The van der Waals surface area contributed by atoms with Gasteiger partial charge in [0.25, 0.3) is 5.91 Å². The molecule has 1 saturated carbocycles. The Labute approximate surface area is 175 Å². The number of aliphatic hydroxyl groups excluding tert-OH is 1. The minimum absolute atomic E-state index is 0.0606. The third-order valence-corrected chi connectivity index (χ3v) is 6.78. The predicted octanol–water partition coefficient (Wildman–Crippen LogP) is 1.49. The highest BCUT2D eigenvalue weighted by Crippen LogP contribution is 2.42. The van der Waals surface area contributed by atoms with E-state index < -0.39 is 11.5 Å². The highest BCUT2D eigenvalue weighted by atomic mass is 16.3. The molecular formula is C22H27N5O3. The van der Waals surface area contributed by atoms with Crippen molar-refractivity contribution in [2.45, 2.75) is 38.2 Å². The molecule has 1 N–H and O–H groups in total. The predicted molar refractivity (Wildman–Crippen MR) is 109 cm³/mol. The number of nitrogens with zero attached hydrogens (tertiary/aromatic N) is 5. The molecule has 2 aromatic rings. The van der Waals surface area contributed by atoms with Gasteiger partial charge < -0.3 is 14.9 Å². The molecule has 3 aliphatic rings. The molecule has 8 nitrogen and oxygen atoms in total. The van der Waals surface area contributed by atoms with E-state index in [4.69, 9.17) is 0 Å². The number of para-hydroxylation sites is 1. The van der Waals surface area contributed by atoms with Crippen LogP contribution in [0.15, 0.2) is 36.9 Å². The zero-order valence-electron chi connectivity index (χ0n) is 17.0. The fourth-order valence-corrected chi connectivity index (χ4v) is 4.96. The Morgan fingerprint density at radius 3 is 2.67 bits per heavy atom. The van der Waals surface area contributed by atoms with E-state index in [-0.39, 0.29) is 11.8 Å². The zero-order valence-corrected chi connectivity index (χ0v) is 17.0. The van der Waals surface area contributed by atoms with Crippen LogP contribution >= 0.6 is 0 Å². The summed E-state index contributed by atoms with van der Waals surface area (Å²) in [6.07, 6.45) is 6.61. The first kappa shape index (κ1) is 19.2. The largest absolute Gasteiger partial charge is 0.391 e. The standard InChI is InChI=1S/C22H27N5O3/c28-17-11-22(21(30)26(13-17)12-16-5-6-16)7-9-25(10-8-22)20(29)18-3-1-2-4-19(18)27-15-23-14-24-27/h1-4,14-17,28H,5-13H2. The number of β-amino-alcohol motifs (C(OH)–C–C–N with tert-alkyl or cyclic N) is 1. The summed E-state index contributed by atoms with van der Waals surface area (Å²) in [6, 6.07) is 7.37. The summed E-state index contributed by atoms with van der Waals surface area (Å²) in [6.45, 7) is 2.25. The van der Waals surface area contributed by atoms with Crippen molar-refractivity contribution in [1.82, 2.24) is 24.6 Å². The Bertz CT molecular complexity index is 930. The molecule has 2 saturated heterocycles. The third-order valence-electron chi connectivity index (χ3n) is 6.78. The van der Waals surface area contributed by atoms with Crippen LogP contribution in [0, 0.1) is 11.3 Å². The van der Waals surface area contributed by atoms with Crippen LogP contribution in [0.4, 0.5) is 0 Å². The molecule has 1 unspecified atom stereocenters. The first-order chi connectivity index (χ1) is 14.6. The lowest BCUT2D eigenvalue weighted by atomic mass is 9.70. The molecule has 3 heterocycles. The molecule has 0 bridgehead atoms. The molecule has 0 radical (unpaired) electrons. The molecule has 158 valence electrons. The van der Waals surface area contributed by atoms with Gasteiger partial charge >= 0.3 is 0 Å². The highest BCUT2D eigenvalue weighted by Gasteiger charge is 2.49. The van der Waals surface area contributed by atoms with Gasteiger partial charge in [0.15, 0.2) is 0 Å². The molecule has 3 fully saturated rings. The SMILES string of the molecule is O=C(c1ccccc1-n1cncn1)N1CCC2(CC1)CC(O)CN(CC1CC1)C2=O. The summed E-state index contributed by atoms with van der Waals surface area (Å²) in [4.78, 5) is 34.2. The van der Waals surface area contributed by atoms with Crippen LogP contribution in [0.5, 0.6) is 0 Å². The number of hydrogen-bond acceptors (Lipinski definition) is 5. The lowest BCUT2D eigenvalue weighted by Crippen LogP contribution is -2.58. The Hall–Kier alpha value is -2.74. The maximum absolute atomic E-state index is 13.3. The van der Waals surface area contributed by atoms with E-state index >= 15 is 0 Å². The van der Waals surface area contributed by atoms with Gasteiger partial charge in [0.2, 0.25) is 5.91 Å². The Morgan fingerprint density at radius 1 is 1.20 bits per heavy atom. The van der Waals surface area contributed by atoms with Crippen LogP contribution in [-0.4, -0.2) is 73.8 Å². The summed E-state index contributed by atoms with van der Waals surface area (Å²) in [5.74, 6) is 0.718. The van der Waals surface area contributed by atoms with Crippen LogP contribution in [0.2, 0.25) is 0 Å². The van der Waals surface area contributed by atoms with Gasteiger partial charge in [0, 0.05) is 26.2 Å². The van der Waals surface area contributed by atoms with E-state index in [9.17, 15) is 14.7 Å². The second kappa shape index (κ2) is 7.50. The second-order valence-corrected chi connectivity index (χ2v) is 8.94. The fourth-order valence-electron chi connectivity index (χ4n) is 4.96. The van der Waals surface area contributed by atoms with Gasteiger partial charge in [0.1, 0.15) is 12.7 Å². The van der Waals surface area contributed by atoms with Crippen molar-refractivity contribution in [3.8, 4) is 5.69 Å². The number of carbonyl (C=O) groups excluding carboxylic acids is 2. The molecule has 1 atom stereocenters. The van der Waals surface area contributed by atoms with Gasteiger partial charge in [0.05, 0.1) is 22.8 Å². The van der Waals surface area contributed by atoms with Crippen LogP contribution < -0.4 is 0 Å². The van der Waals surface area contributed by atoms with E-state index in [2.05, 4.69) is 10.1 Å². The van der Waals surface area contributed by atoms with Gasteiger partial charge in [-0.15, -0.1) is 0 Å². The topological polar surface area (TPSA) is 91.6 Å². The maximum Gasteiger partial charge on any atom is 0.256 e. The Morgan fingerprint density at radius 2 is 1.97 bits per heavy atom. The first-order valence-corrected chi connectivity index (χ1v) is 10.8. The van der Waals surface area contributed by atoms with Gasteiger partial charge in [-0.05, 0) is 50.2 Å². The average molecular weight is 409 g/mol. The first-order valence-electron chi connectivity index (χ1n) is 10.8. The molecule has 1 aromatic carbocycles. The molecule has 8 heteroatoms. The van der Waals surface area contributed by atoms with Gasteiger partial charge in [-0.25, -0.2) is 9.67 Å². The number of benzene rings is 1. The number of aliphatic hydroxyl groups is 1. The number of amides is 2. The summed E-state index contributed by atoms with van der Waals surface area (Å²) in [5.41, 5.74) is 0.735. The zero-order chi connectivity index (χ0) is 20.7. The molecule has 1 aliphatic carbocycles. The minimum atomic E-state index is -0.533. The smallest absolute Gasteiger partial charge is 0.256 e. The number of aromatic nitrogens is 3. The molecule has 1 aromatic heterocycles. The summed E-state index contributed by atoms with van der Waals surface area (Å²) in [7, 11) is 0. The molecule has 1 spiro atoms. The van der Waals surface area contributed by atoms with Crippen LogP contribution in [0.3, 0.4) is 0 Å². The number of piperidine rings is 2. The van der Waals surface area contributed by atoms with Crippen LogP contribution in [0.1, 0.15) is 42.5 Å². The fraction of sp³-hybridized carbons (Fsp3) is 0.545. The summed E-state index contributed by atoms with van der Waals surface area (Å²) in [5, 5.41) is 14.6. The third kappa shape index (κ3) is 3.49. The minimum Gasteiger partial charge on any atom is -0.391 e.